The van der Waals surface area contributed by atoms with Gasteiger partial charge in [0.2, 0.25) is 0 Å². The molecule has 0 spiro atoms. The number of unbranched alkanes of at least 4 members (excludes halogenated alkanes) is 1. The summed E-state index contributed by atoms with van der Waals surface area (Å²) < 4.78 is 5.01. The first-order valence-electron chi connectivity index (χ1n) is 7.78. The largest absolute Gasteiger partial charge is 0.465 e. The van der Waals surface area contributed by atoms with Crippen molar-refractivity contribution in [2.24, 2.45) is 5.73 Å². The minimum absolute atomic E-state index is 0.293. The van der Waals surface area contributed by atoms with Crippen molar-refractivity contribution >= 4 is 5.97 Å². The van der Waals surface area contributed by atoms with Crippen molar-refractivity contribution in [3.8, 4) is 0 Å². The Morgan fingerprint density at radius 1 is 1.29 bits per heavy atom. The standard InChI is InChI=1S/C17H26N2O2/c1-3-21-16(20)17(2,18)10-6-7-11-19-12-14-8-4-5-9-15(14)13-19/h4-5,8-9H,3,6-7,10-13,18H2,1-2H3. The summed E-state index contributed by atoms with van der Waals surface area (Å²) in [4.78, 5) is 14.2. The Morgan fingerprint density at radius 3 is 2.48 bits per heavy atom. The van der Waals surface area contributed by atoms with Gasteiger partial charge in [-0.15, -0.1) is 0 Å². The lowest BCUT2D eigenvalue weighted by Crippen LogP contribution is -2.46. The van der Waals surface area contributed by atoms with Crippen LogP contribution >= 0.6 is 0 Å². The number of nitrogens with zero attached hydrogens (tertiary/aromatic N) is 1. The van der Waals surface area contributed by atoms with Crippen LogP contribution in [-0.2, 0) is 22.6 Å². The molecule has 1 aliphatic heterocycles. The molecule has 0 saturated carbocycles. The van der Waals surface area contributed by atoms with E-state index in [1.807, 2.05) is 0 Å². The minimum Gasteiger partial charge on any atom is -0.465 e. The monoisotopic (exact) mass is 290 g/mol. The van der Waals surface area contributed by atoms with Gasteiger partial charge in [0.1, 0.15) is 5.54 Å². The van der Waals surface area contributed by atoms with Crippen molar-refractivity contribution in [2.75, 3.05) is 13.2 Å². The van der Waals surface area contributed by atoms with Gasteiger partial charge in [0.15, 0.2) is 0 Å². The molecule has 0 amide bonds. The zero-order valence-corrected chi connectivity index (χ0v) is 13.1. The third-order valence-electron chi connectivity index (χ3n) is 4.07. The van der Waals surface area contributed by atoms with Crippen LogP contribution < -0.4 is 5.73 Å². The van der Waals surface area contributed by atoms with Crippen LogP contribution in [0, 0.1) is 0 Å². The predicted molar refractivity (Wildman–Crippen MR) is 83.6 cm³/mol. The highest BCUT2D eigenvalue weighted by atomic mass is 16.5. The van der Waals surface area contributed by atoms with E-state index in [1.165, 1.54) is 11.1 Å². The van der Waals surface area contributed by atoms with Crippen molar-refractivity contribution in [1.82, 2.24) is 4.90 Å². The van der Waals surface area contributed by atoms with Crippen molar-refractivity contribution in [2.45, 2.75) is 51.7 Å². The smallest absolute Gasteiger partial charge is 0.325 e. The molecule has 4 heteroatoms. The third-order valence-corrected chi connectivity index (χ3v) is 4.07. The van der Waals surface area contributed by atoms with Crippen LogP contribution in [-0.4, -0.2) is 29.6 Å². The molecule has 116 valence electrons. The summed E-state index contributed by atoms with van der Waals surface area (Å²) in [6.07, 6.45) is 2.67. The number of carbonyl (C=O) groups excluding carboxylic acids is 1. The SMILES string of the molecule is CCOC(=O)C(C)(N)CCCCN1Cc2ccccc2C1. The van der Waals surface area contributed by atoms with E-state index in [4.69, 9.17) is 10.5 Å². The van der Waals surface area contributed by atoms with Crippen molar-refractivity contribution < 1.29 is 9.53 Å². The van der Waals surface area contributed by atoms with E-state index >= 15 is 0 Å². The topological polar surface area (TPSA) is 55.6 Å². The summed E-state index contributed by atoms with van der Waals surface area (Å²) >= 11 is 0. The van der Waals surface area contributed by atoms with Gasteiger partial charge in [0, 0.05) is 13.1 Å². The first-order chi connectivity index (χ1) is 10.0. The number of carbonyl (C=O) groups is 1. The molecule has 1 atom stereocenters. The first-order valence-corrected chi connectivity index (χ1v) is 7.78. The van der Waals surface area contributed by atoms with Crippen LogP contribution in [0.5, 0.6) is 0 Å². The molecule has 1 aliphatic rings. The molecule has 0 radical (unpaired) electrons. The fourth-order valence-corrected chi connectivity index (χ4v) is 2.79. The maximum absolute atomic E-state index is 11.7. The Kier molecular flexibility index (Phi) is 5.37. The summed E-state index contributed by atoms with van der Waals surface area (Å²) in [6.45, 7) is 7.07. The number of esters is 1. The van der Waals surface area contributed by atoms with E-state index in [-0.39, 0.29) is 5.97 Å². The summed E-state index contributed by atoms with van der Waals surface area (Å²) in [5.41, 5.74) is 8.04. The Balaban J connectivity index is 1.68. The van der Waals surface area contributed by atoms with E-state index < -0.39 is 5.54 Å². The lowest BCUT2D eigenvalue weighted by molar-refractivity contribution is -0.149. The van der Waals surface area contributed by atoms with Crippen LogP contribution in [0.2, 0.25) is 0 Å². The second-order valence-corrected chi connectivity index (χ2v) is 6.07. The highest BCUT2D eigenvalue weighted by Gasteiger charge is 2.29. The van der Waals surface area contributed by atoms with Gasteiger partial charge in [-0.05, 0) is 50.8 Å². The van der Waals surface area contributed by atoms with Crippen molar-refractivity contribution in [1.29, 1.82) is 0 Å². The average molecular weight is 290 g/mol. The molecule has 2 rings (SSSR count). The van der Waals surface area contributed by atoms with Gasteiger partial charge in [-0.1, -0.05) is 24.3 Å². The maximum Gasteiger partial charge on any atom is 0.325 e. The number of hydrogen-bond donors (Lipinski definition) is 1. The summed E-state index contributed by atoms with van der Waals surface area (Å²) in [7, 11) is 0. The van der Waals surface area contributed by atoms with Gasteiger partial charge >= 0.3 is 5.97 Å². The number of ether oxygens (including phenoxy) is 1. The van der Waals surface area contributed by atoms with E-state index in [1.54, 1.807) is 13.8 Å². The van der Waals surface area contributed by atoms with E-state index in [9.17, 15) is 4.79 Å². The molecule has 1 aromatic rings. The summed E-state index contributed by atoms with van der Waals surface area (Å²) in [6, 6.07) is 8.60. The Labute approximate surface area is 127 Å². The van der Waals surface area contributed by atoms with Crippen LogP contribution in [0.15, 0.2) is 24.3 Å². The quantitative estimate of drug-likeness (QED) is 0.619. The Morgan fingerprint density at radius 2 is 1.90 bits per heavy atom. The highest BCUT2D eigenvalue weighted by molar-refractivity contribution is 5.79. The van der Waals surface area contributed by atoms with E-state index in [0.29, 0.717) is 13.0 Å². The average Bonchev–Trinajstić information content (AvgIpc) is 2.86. The molecule has 1 aromatic carbocycles. The molecule has 0 aromatic heterocycles. The van der Waals surface area contributed by atoms with Crippen LogP contribution in [0.3, 0.4) is 0 Å². The second kappa shape index (κ2) is 7.05. The molecule has 21 heavy (non-hydrogen) atoms. The summed E-state index contributed by atoms with van der Waals surface area (Å²) in [5, 5.41) is 0. The van der Waals surface area contributed by atoms with Gasteiger partial charge in [-0.25, -0.2) is 0 Å². The lowest BCUT2D eigenvalue weighted by Gasteiger charge is -2.22. The molecule has 0 aliphatic carbocycles. The molecule has 0 fully saturated rings. The number of rotatable bonds is 7. The molecule has 4 nitrogen and oxygen atoms in total. The molecular weight excluding hydrogens is 264 g/mol. The van der Waals surface area contributed by atoms with Crippen LogP contribution in [0.1, 0.15) is 44.2 Å². The van der Waals surface area contributed by atoms with Crippen molar-refractivity contribution in [3.05, 3.63) is 35.4 Å². The van der Waals surface area contributed by atoms with Crippen LogP contribution in [0.25, 0.3) is 0 Å². The lowest BCUT2D eigenvalue weighted by atomic mass is 9.96. The molecule has 1 unspecified atom stereocenters. The predicted octanol–water partition coefficient (Wildman–Crippen LogP) is 2.45. The molecule has 1 heterocycles. The van der Waals surface area contributed by atoms with E-state index in [2.05, 4.69) is 29.2 Å². The molecular formula is C17H26N2O2. The van der Waals surface area contributed by atoms with Gasteiger partial charge in [-0.3, -0.25) is 9.69 Å². The van der Waals surface area contributed by atoms with Crippen molar-refractivity contribution in [3.63, 3.8) is 0 Å². The van der Waals surface area contributed by atoms with E-state index in [0.717, 1.165) is 32.5 Å². The molecule has 0 bridgehead atoms. The molecule has 2 N–H and O–H groups in total. The van der Waals surface area contributed by atoms with Gasteiger partial charge in [0.25, 0.3) is 0 Å². The molecule has 0 saturated heterocycles. The fourth-order valence-electron chi connectivity index (χ4n) is 2.79. The van der Waals surface area contributed by atoms with Gasteiger partial charge < -0.3 is 10.5 Å². The van der Waals surface area contributed by atoms with Crippen LogP contribution in [0.4, 0.5) is 0 Å². The highest BCUT2D eigenvalue weighted by Crippen LogP contribution is 2.22. The number of fused-ring (bicyclic) bond motifs is 1. The first kappa shape index (κ1) is 16.0. The second-order valence-electron chi connectivity index (χ2n) is 6.07. The fraction of sp³-hybridized carbons (Fsp3) is 0.588. The van der Waals surface area contributed by atoms with Gasteiger partial charge in [0.05, 0.1) is 6.61 Å². The third kappa shape index (κ3) is 4.29. The number of hydrogen-bond acceptors (Lipinski definition) is 4. The van der Waals surface area contributed by atoms with Gasteiger partial charge in [-0.2, -0.15) is 0 Å². The number of nitrogens with two attached hydrogens (primary N) is 1. The Hall–Kier alpha value is -1.39. The number of benzene rings is 1. The maximum atomic E-state index is 11.7. The minimum atomic E-state index is -0.857. The zero-order chi connectivity index (χ0) is 15.3. The summed E-state index contributed by atoms with van der Waals surface area (Å²) in [5.74, 6) is -0.293. The Bertz CT molecular complexity index is 460. The normalized spacial score (nSPS) is 17.3. The zero-order valence-electron chi connectivity index (χ0n) is 13.1.